The van der Waals surface area contributed by atoms with Gasteiger partial charge in [0.2, 0.25) is 0 Å². The molecule has 1 aromatic carbocycles. The maximum atomic E-state index is 12.8. The van der Waals surface area contributed by atoms with Crippen molar-refractivity contribution in [1.82, 2.24) is 15.0 Å². The van der Waals surface area contributed by atoms with Crippen LogP contribution >= 0.6 is 15.9 Å². The summed E-state index contributed by atoms with van der Waals surface area (Å²) >= 11 is 3.37. The molecule has 0 spiro atoms. The van der Waals surface area contributed by atoms with Crippen LogP contribution in [-0.2, 0) is 10.0 Å². The van der Waals surface area contributed by atoms with Gasteiger partial charge in [0, 0.05) is 12.3 Å². The van der Waals surface area contributed by atoms with E-state index in [2.05, 4.69) is 35.6 Å². The highest BCUT2D eigenvalue weighted by Crippen LogP contribution is 2.31. The molecule has 11 heteroatoms. The van der Waals surface area contributed by atoms with E-state index < -0.39 is 21.3 Å². The lowest BCUT2D eigenvalue weighted by Crippen LogP contribution is -2.22. The first-order valence-electron chi connectivity index (χ1n) is 8.93. The van der Waals surface area contributed by atoms with Gasteiger partial charge in [-0.1, -0.05) is 0 Å². The van der Waals surface area contributed by atoms with Crippen LogP contribution in [-0.4, -0.2) is 29.5 Å². The summed E-state index contributed by atoms with van der Waals surface area (Å²) in [6, 6.07) is 5.38. The van der Waals surface area contributed by atoms with Gasteiger partial charge in [-0.2, -0.15) is 0 Å². The monoisotopic (exact) mass is 480 g/mol. The second kappa shape index (κ2) is 7.64. The second-order valence-electron chi connectivity index (χ2n) is 6.75. The zero-order valence-electron chi connectivity index (χ0n) is 15.1. The van der Waals surface area contributed by atoms with E-state index in [9.17, 15) is 18.0 Å². The largest absolute Gasteiger partial charge is 0.489 e. The van der Waals surface area contributed by atoms with Crippen molar-refractivity contribution < 1.29 is 13.2 Å². The third-order valence-corrected chi connectivity index (χ3v) is 6.62. The number of rotatable bonds is 5. The highest BCUT2D eigenvalue weighted by Gasteiger charge is 2.20. The predicted molar refractivity (Wildman–Crippen MR) is 111 cm³/mol. The van der Waals surface area contributed by atoms with Crippen LogP contribution in [0.25, 0.3) is 10.9 Å². The number of benzene rings is 1. The molecule has 3 aromatic rings. The summed E-state index contributed by atoms with van der Waals surface area (Å²) in [5, 5.41) is 0.0569. The van der Waals surface area contributed by atoms with E-state index in [1.165, 1.54) is 30.5 Å². The van der Waals surface area contributed by atoms with Crippen molar-refractivity contribution in [2.75, 3.05) is 4.72 Å². The van der Waals surface area contributed by atoms with Crippen LogP contribution in [0.1, 0.15) is 25.7 Å². The third-order valence-electron chi connectivity index (χ3n) is 4.68. The molecule has 9 nitrogen and oxygen atoms in total. The number of hydrogen-bond acceptors (Lipinski definition) is 6. The molecule has 1 aliphatic carbocycles. The molecule has 1 fully saturated rings. The topological polar surface area (TPSA) is 134 Å². The molecular formula is C18H17BrN4O5S. The molecule has 0 saturated heterocycles. The van der Waals surface area contributed by atoms with E-state index in [-0.39, 0.29) is 27.7 Å². The number of H-pyrrole nitrogens is 2. The fourth-order valence-electron chi connectivity index (χ4n) is 3.26. The summed E-state index contributed by atoms with van der Waals surface area (Å²) in [5.41, 5.74) is -1.09. The van der Waals surface area contributed by atoms with Crippen molar-refractivity contribution in [3.8, 4) is 5.75 Å². The number of nitrogens with one attached hydrogen (secondary N) is 3. The van der Waals surface area contributed by atoms with Crippen molar-refractivity contribution in [1.29, 1.82) is 0 Å². The van der Waals surface area contributed by atoms with Gasteiger partial charge in [0.1, 0.15) is 11.6 Å². The Morgan fingerprint density at radius 2 is 1.90 bits per heavy atom. The first kappa shape index (κ1) is 19.6. The molecule has 0 atom stereocenters. The second-order valence-corrected chi connectivity index (χ2v) is 9.28. The minimum absolute atomic E-state index is 0.0569. The molecule has 0 bridgehead atoms. The Hall–Kier alpha value is -2.66. The number of anilines is 1. The summed E-state index contributed by atoms with van der Waals surface area (Å²) in [5.74, 6) is 0.605. The number of aromatic nitrogens is 3. The molecule has 0 amide bonds. The van der Waals surface area contributed by atoms with Crippen LogP contribution in [0.15, 0.2) is 49.4 Å². The zero-order chi connectivity index (χ0) is 20.6. The van der Waals surface area contributed by atoms with Crippen LogP contribution in [0.2, 0.25) is 0 Å². The molecule has 0 unspecified atom stereocenters. The zero-order valence-corrected chi connectivity index (χ0v) is 17.5. The van der Waals surface area contributed by atoms with Crippen molar-refractivity contribution in [2.24, 2.45) is 0 Å². The van der Waals surface area contributed by atoms with Gasteiger partial charge in [-0.15, -0.1) is 0 Å². The summed E-state index contributed by atoms with van der Waals surface area (Å²) in [4.78, 5) is 31.8. The number of sulfonamides is 1. The number of pyridine rings is 1. The molecule has 3 N–H and O–H groups in total. The van der Waals surface area contributed by atoms with Gasteiger partial charge < -0.3 is 9.72 Å². The molecule has 29 heavy (non-hydrogen) atoms. The highest BCUT2D eigenvalue weighted by atomic mass is 79.9. The van der Waals surface area contributed by atoms with Crippen molar-refractivity contribution in [3.05, 3.63) is 55.8 Å². The van der Waals surface area contributed by atoms with E-state index in [0.29, 0.717) is 10.2 Å². The van der Waals surface area contributed by atoms with Gasteiger partial charge in [0.15, 0.2) is 0 Å². The fourth-order valence-corrected chi connectivity index (χ4v) is 4.60. The van der Waals surface area contributed by atoms with E-state index in [1.54, 1.807) is 0 Å². The molecule has 152 valence electrons. The van der Waals surface area contributed by atoms with Crippen LogP contribution in [0.5, 0.6) is 5.75 Å². The molecule has 1 saturated carbocycles. The van der Waals surface area contributed by atoms with Crippen LogP contribution in [0, 0.1) is 0 Å². The number of ether oxygens (including phenoxy) is 1. The Bertz CT molecular complexity index is 1300. The Morgan fingerprint density at radius 1 is 1.14 bits per heavy atom. The first-order chi connectivity index (χ1) is 13.8. The van der Waals surface area contributed by atoms with E-state index in [1.807, 2.05) is 0 Å². The minimum atomic E-state index is -4.02. The summed E-state index contributed by atoms with van der Waals surface area (Å²) < 4.78 is 34.5. The fraction of sp³-hybridized carbons (Fsp3) is 0.278. The first-order valence-corrected chi connectivity index (χ1v) is 11.2. The van der Waals surface area contributed by atoms with E-state index in [4.69, 9.17) is 4.74 Å². The van der Waals surface area contributed by atoms with Crippen LogP contribution in [0.4, 0.5) is 5.82 Å². The van der Waals surface area contributed by atoms with Gasteiger partial charge in [0.05, 0.1) is 26.4 Å². The molecule has 2 heterocycles. The Kier molecular flexibility index (Phi) is 5.17. The molecule has 4 rings (SSSR count). The Labute approximate surface area is 173 Å². The van der Waals surface area contributed by atoms with Gasteiger partial charge in [-0.25, -0.2) is 18.2 Å². The SMILES string of the molecule is O=c1[nH]c(=O)c2cc(S(=O)(=O)Nc3cc(OC4CCCC4)c(Br)cn3)ccc2[nH]1. The number of hydrogen-bond donors (Lipinski definition) is 3. The van der Waals surface area contributed by atoms with Gasteiger partial charge in [0.25, 0.3) is 15.6 Å². The Balaban J connectivity index is 1.64. The van der Waals surface area contributed by atoms with Gasteiger partial charge >= 0.3 is 5.69 Å². The number of aromatic amines is 2. The van der Waals surface area contributed by atoms with Crippen molar-refractivity contribution in [3.63, 3.8) is 0 Å². The molecule has 2 aromatic heterocycles. The van der Waals surface area contributed by atoms with E-state index in [0.717, 1.165) is 25.7 Å². The molecule has 0 aliphatic heterocycles. The number of nitrogens with zero attached hydrogens (tertiary/aromatic N) is 1. The van der Waals surface area contributed by atoms with Crippen molar-refractivity contribution in [2.45, 2.75) is 36.7 Å². The Morgan fingerprint density at radius 3 is 2.66 bits per heavy atom. The molecule has 0 radical (unpaired) electrons. The van der Waals surface area contributed by atoms with Crippen LogP contribution in [0.3, 0.4) is 0 Å². The number of fused-ring (bicyclic) bond motifs is 1. The number of halogens is 1. The third kappa shape index (κ3) is 4.20. The molecule has 1 aliphatic rings. The average molecular weight is 481 g/mol. The molecular weight excluding hydrogens is 464 g/mol. The van der Waals surface area contributed by atoms with Crippen LogP contribution < -0.4 is 20.7 Å². The summed E-state index contributed by atoms with van der Waals surface area (Å²) in [7, 11) is -4.02. The lowest BCUT2D eigenvalue weighted by atomic mass is 10.2. The summed E-state index contributed by atoms with van der Waals surface area (Å²) in [6.45, 7) is 0. The summed E-state index contributed by atoms with van der Waals surface area (Å²) in [6.07, 6.45) is 5.72. The maximum Gasteiger partial charge on any atom is 0.326 e. The van der Waals surface area contributed by atoms with Crippen molar-refractivity contribution >= 4 is 42.7 Å². The highest BCUT2D eigenvalue weighted by molar-refractivity contribution is 9.10. The van der Waals surface area contributed by atoms with Gasteiger partial charge in [-0.3, -0.25) is 14.5 Å². The normalized spacial score (nSPS) is 14.9. The van der Waals surface area contributed by atoms with E-state index >= 15 is 0 Å². The smallest absolute Gasteiger partial charge is 0.326 e. The standard InChI is InChI=1S/C18H17BrN4O5S/c19-13-9-20-16(8-15(13)28-10-3-1-2-4-10)23-29(26,27)11-5-6-14-12(7-11)17(24)22-18(25)21-14/h5-10H,1-4H2,(H,20,23)(H2,21,22,24,25). The quantitative estimate of drug-likeness (QED) is 0.513. The lowest BCUT2D eigenvalue weighted by molar-refractivity contribution is 0.208. The predicted octanol–water partition coefficient (Wildman–Crippen LogP) is 2.50. The average Bonchev–Trinajstić information content (AvgIpc) is 3.17. The maximum absolute atomic E-state index is 12.8. The lowest BCUT2D eigenvalue weighted by Gasteiger charge is -2.15. The minimum Gasteiger partial charge on any atom is -0.489 e. The van der Waals surface area contributed by atoms with Gasteiger partial charge in [-0.05, 0) is 59.8 Å².